The minimum Gasteiger partial charge on any atom is -0.395 e. The molecule has 2 aliphatic rings. The fourth-order valence-corrected chi connectivity index (χ4v) is 3.81. The molecule has 106 valence electrons. The van der Waals surface area contributed by atoms with E-state index < -0.39 is 0 Å². The van der Waals surface area contributed by atoms with Gasteiger partial charge in [-0.2, -0.15) is 0 Å². The Hall–Kier alpha value is -0.120. The van der Waals surface area contributed by atoms with Crippen molar-refractivity contribution in [3.8, 4) is 0 Å². The quantitative estimate of drug-likeness (QED) is 0.757. The van der Waals surface area contributed by atoms with Crippen LogP contribution in [-0.4, -0.2) is 48.8 Å². The molecule has 3 heteroatoms. The van der Waals surface area contributed by atoms with Gasteiger partial charge in [0.05, 0.1) is 6.61 Å². The fraction of sp³-hybridized carbons (Fsp3) is 1.00. The molecule has 18 heavy (non-hydrogen) atoms. The van der Waals surface area contributed by atoms with Crippen LogP contribution in [0.15, 0.2) is 0 Å². The summed E-state index contributed by atoms with van der Waals surface area (Å²) in [6.07, 6.45) is 5.34. The molecule has 2 fully saturated rings. The summed E-state index contributed by atoms with van der Waals surface area (Å²) >= 11 is 0. The average molecular weight is 254 g/mol. The fourth-order valence-electron chi connectivity index (χ4n) is 3.81. The lowest BCUT2D eigenvalue weighted by atomic mass is 9.72. The molecule has 2 rings (SSSR count). The molecule has 0 bridgehead atoms. The van der Waals surface area contributed by atoms with Crippen LogP contribution in [0.2, 0.25) is 0 Å². The Labute approximate surface area is 112 Å². The Morgan fingerprint density at radius 2 is 1.94 bits per heavy atom. The number of aliphatic hydroxyl groups excluding tert-OH is 1. The summed E-state index contributed by atoms with van der Waals surface area (Å²) in [6.45, 7) is 7.13. The Bertz CT molecular complexity index is 255. The second kappa shape index (κ2) is 6.36. The summed E-state index contributed by atoms with van der Waals surface area (Å²) in [6, 6.07) is 1.42. The zero-order valence-electron chi connectivity index (χ0n) is 12.2. The van der Waals surface area contributed by atoms with Gasteiger partial charge < -0.3 is 10.4 Å². The molecule has 2 aliphatic carbocycles. The summed E-state index contributed by atoms with van der Waals surface area (Å²) < 4.78 is 0. The van der Waals surface area contributed by atoms with E-state index in [1.807, 2.05) is 0 Å². The van der Waals surface area contributed by atoms with Crippen molar-refractivity contribution in [3.05, 3.63) is 0 Å². The first kappa shape index (κ1) is 14.3. The normalized spacial score (nSPS) is 37.2. The molecule has 2 N–H and O–H groups in total. The summed E-state index contributed by atoms with van der Waals surface area (Å²) in [5, 5.41) is 12.7. The van der Waals surface area contributed by atoms with Crippen molar-refractivity contribution in [2.75, 3.05) is 26.7 Å². The van der Waals surface area contributed by atoms with E-state index in [-0.39, 0.29) is 0 Å². The molecule has 0 aromatic carbocycles. The number of nitrogens with zero attached hydrogens (tertiary/aromatic N) is 1. The van der Waals surface area contributed by atoms with E-state index in [9.17, 15) is 5.11 Å². The smallest absolute Gasteiger partial charge is 0.0558 e. The van der Waals surface area contributed by atoms with Crippen molar-refractivity contribution in [2.45, 2.75) is 51.6 Å². The molecule has 4 unspecified atom stereocenters. The Kier molecular flexibility index (Phi) is 5.05. The zero-order chi connectivity index (χ0) is 13.1. The van der Waals surface area contributed by atoms with Gasteiger partial charge in [0.25, 0.3) is 0 Å². The lowest BCUT2D eigenvalue weighted by Gasteiger charge is -2.42. The van der Waals surface area contributed by atoms with Gasteiger partial charge in [0.2, 0.25) is 0 Å². The maximum absolute atomic E-state index is 9.22. The van der Waals surface area contributed by atoms with Gasteiger partial charge in [-0.25, -0.2) is 0 Å². The van der Waals surface area contributed by atoms with Gasteiger partial charge in [0.15, 0.2) is 0 Å². The first-order valence-corrected chi connectivity index (χ1v) is 7.67. The van der Waals surface area contributed by atoms with Crippen LogP contribution in [0.4, 0.5) is 0 Å². The van der Waals surface area contributed by atoms with E-state index in [2.05, 4.69) is 31.1 Å². The van der Waals surface area contributed by atoms with Crippen LogP contribution in [0.1, 0.15) is 39.5 Å². The summed E-state index contributed by atoms with van der Waals surface area (Å²) in [5.74, 6) is 2.39. The maximum Gasteiger partial charge on any atom is 0.0558 e. The predicted octanol–water partition coefficient (Wildman–Crippen LogP) is 1.71. The van der Waals surface area contributed by atoms with Crippen molar-refractivity contribution in [2.24, 2.45) is 17.8 Å². The topological polar surface area (TPSA) is 35.5 Å². The molecule has 0 aromatic rings. The molecule has 3 nitrogen and oxygen atoms in total. The van der Waals surface area contributed by atoms with Crippen molar-refractivity contribution in [1.82, 2.24) is 10.2 Å². The lowest BCUT2D eigenvalue weighted by molar-refractivity contribution is 0.0898. The van der Waals surface area contributed by atoms with Crippen LogP contribution in [0.3, 0.4) is 0 Å². The minimum atomic E-state index is 0.304. The standard InChI is InChI=1S/C15H30N2O/c1-11-8-12(2)14(15(9-11)16-3)10-17(6-7-18)13-4-5-13/h11-16,18H,4-10H2,1-3H3. The molecular formula is C15H30N2O. The van der Waals surface area contributed by atoms with E-state index in [1.54, 1.807) is 0 Å². The predicted molar refractivity (Wildman–Crippen MR) is 75.6 cm³/mol. The van der Waals surface area contributed by atoms with Crippen molar-refractivity contribution < 1.29 is 5.11 Å². The average Bonchev–Trinajstić information content (AvgIpc) is 3.15. The van der Waals surface area contributed by atoms with Crippen molar-refractivity contribution in [3.63, 3.8) is 0 Å². The van der Waals surface area contributed by atoms with E-state index in [0.717, 1.165) is 30.3 Å². The Balaban J connectivity index is 1.95. The van der Waals surface area contributed by atoms with Gasteiger partial charge in [0, 0.05) is 25.2 Å². The first-order valence-electron chi connectivity index (χ1n) is 7.67. The third-order valence-corrected chi connectivity index (χ3v) is 4.94. The monoisotopic (exact) mass is 254 g/mol. The number of hydrogen-bond donors (Lipinski definition) is 2. The lowest BCUT2D eigenvalue weighted by Crippen LogP contribution is -2.48. The third-order valence-electron chi connectivity index (χ3n) is 4.94. The molecule has 0 radical (unpaired) electrons. The molecule has 0 amide bonds. The van der Waals surface area contributed by atoms with Crippen LogP contribution in [0, 0.1) is 17.8 Å². The summed E-state index contributed by atoms with van der Waals surface area (Å²) in [5.41, 5.74) is 0. The van der Waals surface area contributed by atoms with Crippen LogP contribution in [0.25, 0.3) is 0 Å². The van der Waals surface area contributed by atoms with Gasteiger partial charge in [-0.3, -0.25) is 4.90 Å². The molecule has 0 heterocycles. The van der Waals surface area contributed by atoms with E-state index >= 15 is 0 Å². The molecular weight excluding hydrogens is 224 g/mol. The first-order chi connectivity index (χ1) is 8.65. The summed E-state index contributed by atoms with van der Waals surface area (Å²) in [7, 11) is 2.11. The van der Waals surface area contributed by atoms with Crippen LogP contribution < -0.4 is 5.32 Å². The Morgan fingerprint density at radius 1 is 1.22 bits per heavy atom. The number of hydrogen-bond acceptors (Lipinski definition) is 3. The highest BCUT2D eigenvalue weighted by Crippen LogP contribution is 2.36. The molecule has 0 aliphatic heterocycles. The SMILES string of the molecule is CNC1CC(C)CC(C)C1CN(CCO)C1CC1. The molecule has 0 aromatic heterocycles. The van der Waals surface area contributed by atoms with Crippen LogP contribution in [-0.2, 0) is 0 Å². The van der Waals surface area contributed by atoms with Gasteiger partial charge in [-0.15, -0.1) is 0 Å². The molecule has 0 saturated heterocycles. The third kappa shape index (κ3) is 3.46. The number of aliphatic hydroxyl groups is 1. The summed E-state index contributed by atoms with van der Waals surface area (Å²) in [4.78, 5) is 2.53. The Morgan fingerprint density at radius 3 is 2.50 bits per heavy atom. The number of nitrogens with one attached hydrogen (secondary N) is 1. The van der Waals surface area contributed by atoms with Gasteiger partial charge >= 0.3 is 0 Å². The van der Waals surface area contributed by atoms with Crippen LogP contribution in [0.5, 0.6) is 0 Å². The van der Waals surface area contributed by atoms with Crippen LogP contribution >= 0.6 is 0 Å². The molecule has 2 saturated carbocycles. The van der Waals surface area contributed by atoms with E-state index in [0.29, 0.717) is 12.6 Å². The van der Waals surface area contributed by atoms with Crippen molar-refractivity contribution >= 4 is 0 Å². The van der Waals surface area contributed by atoms with E-state index in [4.69, 9.17) is 0 Å². The molecule has 4 atom stereocenters. The van der Waals surface area contributed by atoms with E-state index in [1.165, 1.54) is 32.2 Å². The highest BCUT2D eigenvalue weighted by atomic mass is 16.3. The van der Waals surface area contributed by atoms with Gasteiger partial charge in [-0.1, -0.05) is 13.8 Å². The number of rotatable bonds is 6. The van der Waals surface area contributed by atoms with Crippen molar-refractivity contribution in [1.29, 1.82) is 0 Å². The minimum absolute atomic E-state index is 0.304. The maximum atomic E-state index is 9.22. The molecule has 0 spiro atoms. The second-order valence-corrected chi connectivity index (χ2v) is 6.56. The highest BCUT2D eigenvalue weighted by Gasteiger charge is 2.37. The highest BCUT2D eigenvalue weighted by molar-refractivity contribution is 4.92. The van der Waals surface area contributed by atoms with Gasteiger partial charge in [-0.05, 0) is 50.5 Å². The van der Waals surface area contributed by atoms with Gasteiger partial charge in [0.1, 0.15) is 0 Å². The largest absolute Gasteiger partial charge is 0.395 e. The second-order valence-electron chi connectivity index (χ2n) is 6.56. The zero-order valence-corrected chi connectivity index (χ0v) is 12.2.